The van der Waals surface area contributed by atoms with Gasteiger partial charge in [-0.25, -0.2) is 0 Å². The van der Waals surface area contributed by atoms with Crippen LogP contribution in [0.5, 0.6) is 0 Å². The molecule has 0 spiro atoms. The highest BCUT2D eigenvalue weighted by atomic mass is 32.2. The van der Waals surface area contributed by atoms with E-state index >= 15 is 0 Å². The first-order valence-corrected chi connectivity index (χ1v) is 6.82. The molecule has 1 aromatic carbocycles. The molecule has 1 aliphatic heterocycles. The van der Waals surface area contributed by atoms with E-state index < -0.39 is 0 Å². The molecule has 1 aliphatic rings. The van der Waals surface area contributed by atoms with Gasteiger partial charge >= 0.3 is 0 Å². The lowest BCUT2D eigenvalue weighted by molar-refractivity contribution is 0.477. The fourth-order valence-electron chi connectivity index (χ4n) is 1.80. The Hall–Kier alpha value is -0.670. The lowest BCUT2D eigenvalue weighted by Gasteiger charge is -2.20. The second-order valence-electron chi connectivity index (χ2n) is 5.09. The molecule has 88 valence electrons. The first-order valence-electron chi connectivity index (χ1n) is 5.83. The van der Waals surface area contributed by atoms with Crippen molar-refractivity contribution < 1.29 is 0 Å². The van der Waals surface area contributed by atoms with Crippen LogP contribution in [0, 0.1) is 0 Å². The number of nitrogens with two attached hydrogens (primary N) is 1. The van der Waals surface area contributed by atoms with E-state index in [1.165, 1.54) is 21.9 Å². The zero-order valence-corrected chi connectivity index (χ0v) is 10.9. The zero-order chi connectivity index (χ0) is 11.6. The van der Waals surface area contributed by atoms with Gasteiger partial charge < -0.3 is 11.1 Å². The molecule has 1 heterocycles. The number of hydrogen-bond donors (Lipinski definition) is 2. The highest BCUT2D eigenvalue weighted by Gasteiger charge is 2.12. The summed E-state index contributed by atoms with van der Waals surface area (Å²) in [5.74, 6) is 1.17. The molecule has 2 nitrogen and oxygen atoms in total. The maximum Gasteiger partial charge on any atom is 0.0478 e. The van der Waals surface area contributed by atoms with Crippen LogP contribution >= 0.6 is 11.8 Å². The average molecular weight is 236 g/mol. The van der Waals surface area contributed by atoms with E-state index in [-0.39, 0.29) is 5.54 Å². The molecule has 0 saturated heterocycles. The summed E-state index contributed by atoms with van der Waals surface area (Å²) in [6.45, 7) is 5.25. The Morgan fingerprint density at radius 2 is 2.25 bits per heavy atom. The molecule has 0 bridgehead atoms. The van der Waals surface area contributed by atoms with Crippen molar-refractivity contribution in [2.45, 2.75) is 37.1 Å². The van der Waals surface area contributed by atoms with Gasteiger partial charge in [0.2, 0.25) is 0 Å². The first kappa shape index (κ1) is 11.8. The Labute approximate surface area is 102 Å². The smallest absolute Gasteiger partial charge is 0.0478 e. The first-order chi connectivity index (χ1) is 7.54. The Balaban J connectivity index is 2.06. The van der Waals surface area contributed by atoms with Crippen molar-refractivity contribution in [3.63, 3.8) is 0 Å². The van der Waals surface area contributed by atoms with E-state index in [0.29, 0.717) is 0 Å². The van der Waals surface area contributed by atoms with Crippen molar-refractivity contribution in [1.29, 1.82) is 0 Å². The lowest BCUT2D eigenvalue weighted by atomic mass is 9.96. The van der Waals surface area contributed by atoms with Gasteiger partial charge in [0, 0.05) is 28.4 Å². The summed E-state index contributed by atoms with van der Waals surface area (Å²) < 4.78 is 0. The number of hydrogen-bond acceptors (Lipinski definition) is 3. The highest BCUT2D eigenvalue weighted by molar-refractivity contribution is 7.99. The van der Waals surface area contributed by atoms with Gasteiger partial charge in [0.1, 0.15) is 0 Å². The minimum absolute atomic E-state index is 0.0682. The van der Waals surface area contributed by atoms with Crippen LogP contribution in [-0.2, 0) is 6.42 Å². The molecule has 16 heavy (non-hydrogen) atoms. The molecular formula is C13H20N2S. The number of rotatable bonds is 3. The molecule has 0 saturated carbocycles. The molecule has 0 radical (unpaired) electrons. The Bertz CT molecular complexity index is 369. The number of anilines is 1. The predicted octanol–water partition coefficient (Wildman–Crippen LogP) is 2.87. The standard InChI is InChI=1S/C13H20N2S/c1-13(2,14)6-5-10-3-4-11-12(9-10)16-8-7-15-11/h3-4,9,15H,5-8,14H2,1-2H3. The topological polar surface area (TPSA) is 38.0 Å². The predicted molar refractivity (Wildman–Crippen MR) is 72.2 cm³/mol. The summed E-state index contributed by atoms with van der Waals surface area (Å²) in [5, 5.41) is 3.42. The largest absolute Gasteiger partial charge is 0.383 e. The van der Waals surface area contributed by atoms with Gasteiger partial charge in [0.05, 0.1) is 0 Å². The summed E-state index contributed by atoms with van der Waals surface area (Å²) in [5.41, 5.74) is 8.62. The number of nitrogens with one attached hydrogen (secondary N) is 1. The highest BCUT2D eigenvalue weighted by Crippen LogP contribution is 2.32. The van der Waals surface area contributed by atoms with Crippen LogP contribution in [0.15, 0.2) is 23.1 Å². The fraction of sp³-hybridized carbons (Fsp3) is 0.538. The second-order valence-corrected chi connectivity index (χ2v) is 6.23. The summed E-state index contributed by atoms with van der Waals surface area (Å²) in [6.07, 6.45) is 2.10. The molecule has 0 aliphatic carbocycles. The average Bonchev–Trinajstić information content (AvgIpc) is 2.25. The van der Waals surface area contributed by atoms with Crippen molar-refractivity contribution in [2.75, 3.05) is 17.6 Å². The van der Waals surface area contributed by atoms with Crippen molar-refractivity contribution in [3.05, 3.63) is 23.8 Å². The normalized spacial score (nSPS) is 15.4. The van der Waals surface area contributed by atoms with Crippen molar-refractivity contribution in [3.8, 4) is 0 Å². The van der Waals surface area contributed by atoms with Gasteiger partial charge in [0.15, 0.2) is 0 Å². The van der Waals surface area contributed by atoms with E-state index in [1.54, 1.807) is 0 Å². The van der Waals surface area contributed by atoms with Crippen LogP contribution in [0.2, 0.25) is 0 Å². The summed E-state index contributed by atoms with van der Waals surface area (Å²) in [7, 11) is 0. The van der Waals surface area contributed by atoms with Crippen LogP contribution in [0.25, 0.3) is 0 Å². The van der Waals surface area contributed by atoms with Crippen LogP contribution in [0.4, 0.5) is 5.69 Å². The molecular weight excluding hydrogens is 216 g/mol. The molecule has 3 heteroatoms. The van der Waals surface area contributed by atoms with Gasteiger partial charge in [-0.05, 0) is 44.4 Å². The monoisotopic (exact) mass is 236 g/mol. The molecule has 0 unspecified atom stereocenters. The van der Waals surface area contributed by atoms with Gasteiger partial charge in [-0.2, -0.15) is 0 Å². The van der Waals surface area contributed by atoms with Crippen LogP contribution in [-0.4, -0.2) is 17.8 Å². The molecule has 2 rings (SSSR count). The number of thioether (sulfide) groups is 1. The number of aryl methyl sites for hydroxylation is 1. The maximum absolute atomic E-state index is 6.00. The van der Waals surface area contributed by atoms with E-state index in [4.69, 9.17) is 5.73 Å². The molecule has 0 fully saturated rings. The van der Waals surface area contributed by atoms with Crippen LogP contribution in [0.1, 0.15) is 25.8 Å². The van der Waals surface area contributed by atoms with Gasteiger partial charge in [-0.1, -0.05) is 6.07 Å². The molecule has 0 atom stereocenters. The molecule has 0 aromatic heterocycles. The van der Waals surface area contributed by atoms with Crippen molar-refractivity contribution in [2.24, 2.45) is 5.73 Å². The van der Waals surface area contributed by atoms with Gasteiger partial charge in [0.25, 0.3) is 0 Å². The number of fused-ring (bicyclic) bond motifs is 1. The van der Waals surface area contributed by atoms with E-state index in [0.717, 1.165) is 19.4 Å². The second kappa shape index (κ2) is 4.68. The lowest BCUT2D eigenvalue weighted by Crippen LogP contribution is -2.32. The quantitative estimate of drug-likeness (QED) is 0.847. The Kier molecular flexibility index (Phi) is 3.45. The van der Waals surface area contributed by atoms with E-state index in [2.05, 4.69) is 37.4 Å². The summed E-state index contributed by atoms with van der Waals surface area (Å²) in [6, 6.07) is 6.71. The third-order valence-electron chi connectivity index (χ3n) is 2.78. The van der Waals surface area contributed by atoms with E-state index in [9.17, 15) is 0 Å². The maximum atomic E-state index is 6.00. The fourth-order valence-corrected chi connectivity index (χ4v) is 2.76. The zero-order valence-electron chi connectivity index (χ0n) is 10.0. The SMILES string of the molecule is CC(C)(N)CCc1ccc2c(c1)SCCN2. The minimum Gasteiger partial charge on any atom is -0.383 e. The molecule has 0 amide bonds. The number of benzene rings is 1. The summed E-state index contributed by atoms with van der Waals surface area (Å²) in [4.78, 5) is 1.39. The van der Waals surface area contributed by atoms with Crippen molar-refractivity contribution in [1.82, 2.24) is 0 Å². The van der Waals surface area contributed by atoms with Crippen molar-refractivity contribution >= 4 is 17.4 Å². The van der Waals surface area contributed by atoms with Gasteiger partial charge in [-0.3, -0.25) is 0 Å². The summed E-state index contributed by atoms with van der Waals surface area (Å²) >= 11 is 1.94. The third-order valence-corrected chi connectivity index (χ3v) is 3.84. The Morgan fingerprint density at radius 1 is 1.44 bits per heavy atom. The van der Waals surface area contributed by atoms with Gasteiger partial charge in [-0.15, -0.1) is 11.8 Å². The van der Waals surface area contributed by atoms with Crippen LogP contribution in [0.3, 0.4) is 0 Å². The molecule has 1 aromatic rings. The van der Waals surface area contributed by atoms with E-state index in [1.807, 2.05) is 11.8 Å². The molecule has 3 N–H and O–H groups in total. The Morgan fingerprint density at radius 3 is 3.00 bits per heavy atom. The van der Waals surface area contributed by atoms with Crippen LogP contribution < -0.4 is 11.1 Å². The third kappa shape index (κ3) is 3.16. The minimum atomic E-state index is -0.0682.